The van der Waals surface area contributed by atoms with Crippen molar-refractivity contribution in [3.8, 4) is 5.75 Å². The zero-order valence-corrected chi connectivity index (χ0v) is 14.4. The zero-order chi connectivity index (χ0) is 16.7. The van der Waals surface area contributed by atoms with E-state index in [4.69, 9.17) is 9.57 Å². The highest BCUT2D eigenvalue weighted by atomic mass is 79.9. The predicted octanol–water partition coefficient (Wildman–Crippen LogP) is 3.80. The Hall–Kier alpha value is -2.34. The molecule has 0 saturated carbocycles. The van der Waals surface area contributed by atoms with Crippen molar-refractivity contribution in [1.82, 2.24) is 0 Å². The van der Waals surface area contributed by atoms with Crippen LogP contribution in [0.15, 0.2) is 52.1 Å². The maximum Gasteiger partial charge on any atom is 0.337 e. The van der Waals surface area contributed by atoms with Crippen molar-refractivity contribution in [2.75, 3.05) is 14.2 Å². The number of ether oxygens (including phenoxy) is 2. The molecule has 0 fully saturated rings. The Morgan fingerprint density at radius 1 is 1.17 bits per heavy atom. The number of rotatable bonds is 6. The van der Waals surface area contributed by atoms with E-state index in [0.29, 0.717) is 12.2 Å². The molecule has 0 amide bonds. The van der Waals surface area contributed by atoms with Crippen LogP contribution in [0.3, 0.4) is 0 Å². The van der Waals surface area contributed by atoms with Gasteiger partial charge in [0.2, 0.25) is 0 Å². The summed E-state index contributed by atoms with van der Waals surface area (Å²) >= 11 is 3.41. The average Bonchev–Trinajstić information content (AvgIpc) is 2.58. The van der Waals surface area contributed by atoms with E-state index in [1.54, 1.807) is 37.6 Å². The van der Waals surface area contributed by atoms with E-state index in [1.807, 2.05) is 18.2 Å². The third-order valence-corrected chi connectivity index (χ3v) is 3.56. The van der Waals surface area contributed by atoms with E-state index in [0.717, 1.165) is 21.3 Å². The summed E-state index contributed by atoms with van der Waals surface area (Å²) < 4.78 is 10.9. The SMILES string of the molecule is COC(=O)c1ccc(/C=N/OCc2cc(Br)ccc2OC)cc1. The molecule has 0 unspecified atom stereocenters. The number of oxime groups is 1. The van der Waals surface area contributed by atoms with Gasteiger partial charge in [-0.15, -0.1) is 0 Å². The van der Waals surface area contributed by atoms with E-state index >= 15 is 0 Å². The summed E-state index contributed by atoms with van der Waals surface area (Å²) in [6.45, 7) is 0.291. The van der Waals surface area contributed by atoms with Crippen molar-refractivity contribution in [2.24, 2.45) is 5.16 Å². The summed E-state index contributed by atoms with van der Waals surface area (Å²) in [7, 11) is 2.96. The molecule has 0 N–H and O–H groups in total. The molecule has 6 heteroatoms. The fourth-order valence-corrected chi connectivity index (χ4v) is 2.30. The van der Waals surface area contributed by atoms with E-state index in [-0.39, 0.29) is 5.97 Å². The van der Waals surface area contributed by atoms with Gasteiger partial charge < -0.3 is 14.3 Å². The predicted molar refractivity (Wildman–Crippen MR) is 90.9 cm³/mol. The first-order chi connectivity index (χ1) is 11.1. The number of benzene rings is 2. The normalized spacial score (nSPS) is 10.6. The summed E-state index contributed by atoms with van der Waals surface area (Å²) in [5, 5.41) is 3.92. The van der Waals surface area contributed by atoms with Crippen LogP contribution >= 0.6 is 15.9 Å². The van der Waals surface area contributed by atoms with Crippen molar-refractivity contribution >= 4 is 28.1 Å². The number of halogens is 1. The Bertz CT molecular complexity index is 698. The van der Waals surface area contributed by atoms with Gasteiger partial charge in [-0.3, -0.25) is 0 Å². The van der Waals surface area contributed by atoms with Crippen LogP contribution in [0.2, 0.25) is 0 Å². The van der Waals surface area contributed by atoms with Crippen LogP contribution < -0.4 is 4.74 Å². The molecule has 0 aliphatic carbocycles. The van der Waals surface area contributed by atoms with Crippen molar-refractivity contribution < 1.29 is 19.1 Å². The van der Waals surface area contributed by atoms with Crippen LogP contribution in [0, 0.1) is 0 Å². The van der Waals surface area contributed by atoms with Crippen LogP contribution in [0.1, 0.15) is 21.5 Å². The lowest BCUT2D eigenvalue weighted by atomic mass is 10.1. The molecule has 0 heterocycles. The monoisotopic (exact) mass is 377 g/mol. The number of hydrogen-bond acceptors (Lipinski definition) is 5. The zero-order valence-electron chi connectivity index (χ0n) is 12.8. The van der Waals surface area contributed by atoms with Gasteiger partial charge >= 0.3 is 5.97 Å². The topological polar surface area (TPSA) is 57.1 Å². The summed E-state index contributed by atoms with van der Waals surface area (Å²) in [6.07, 6.45) is 1.57. The van der Waals surface area contributed by atoms with Gasteiger partial charge in [-0.1, -0.05) is 33.2 Å². The van der Waals surface area contributed by atoms with Gasteiger partial charge in [0.15, 0.2) is 0 Å². The molecule has 0 radical (unpaired) electrons. The number of methoxy groups -OCH3 is 2. The molecule has 0 aliphatic rings. The van der Waals surface area contributed by atoms with Gasteiger partial charge in [0.25, 0.3) is 0 Å². The van der Waals surface area contributed by atoms with Crippen molar-refractivity contribution in [3.63, 3.8) is 0 Å². The molecule has 0 aliphatic heterocycles. The van der Waals surface area contributed by atoms with Gasteiger partial charge in [-0.2, -0.15) is 0 Å². The molecule has 23 heavy (non-hydrogen) atoms. The standard InChI is InChI=1S/C17H16BrNO4/c1-21-16-8-7-15(18)9-14(16)11-23-19-10-12-3-5-13(6-4-12)17(20)22-2/h3-10H,11H2,1-2H3/b19-10+. The summed E-state index contributed by atoms with van der Waals surface area (Å²) in [5.74, 6) is 0.373. The summed E-state index contributed by atoms with van der Waals surface area (Å²) in [5.41, 5.74) is 2.20. The van der Waals surface area contributed by atoms with E-state index < -0.39 is 0 Å². The first-order valence-corrected chi connectivity index (χ1v) is 7.59. The molecule has 2 rings (SSSR count). The minimum Gasteiger partial charge on any atom is -0.496 e. The van der Waals surface area contributed by atoms with E-state index in [9.17, 15) is 4.79 Å². The second-order valence-electron chi connectivity index (χ2n) is 4.58. The Kier molecular flexibility index (Phi) is 6.17. The average molecular weight is 378 g/mol. The first-order valence-electron chi connectivity index (χ1n) is 6.80. The van der Waals surface area contributed by atoms with Crippen LogP contribution in [0.25, 0.3) is 0 Å². The molecular weight excluding hydrogens is 362 g/mol. The van der Waals surface area contributed by atoms with Crippen LogP contribution in [-0.2, 0) is 16.2 Å². The minimum atomic E-state index is -0.369. The van der Waals surface area contributed by atoms with Crippen LogP contribution in [0.4, 0.5) is 0 Å². The lowest BCUT2D eigenvalue weighted by Crippen LogP contribution is -2.00. The highest BCUT2D eigenvalue weighted by molar-refractivity contribution is 9.10. The molecule has 0 spiro atoms. The Labute approximate surface area is 143 Å². The van der Waals surface area contributed by atoms with Gasteiger partial charge in [0.05, 0.1) is 26.0 Å². The molecule has 2 aromatic carbocycles. The largest absolute Gasteiger partial charge is 0.496 e. The van der Waals surface area contributed by atoms with E-state index in [2.05, 4.69) is 25.8 Å². The van der Waals surface area contributed by atoms with Crippen molar-refractivity contribution in [3.05, 3.63) is 63.6 Å². The summed E-state index contributed by atoms with van der Waals surface area (Å²) in [6, 6.07) is 12.5. The molecule has 0 atom stereocenters. The lowest BCUT2D eigenvalue weighted by molar-refractivity contribution is 0.0600. The number of esters is 1. The smallest absolute Gasteiger partial charge is 0.337 e. The molecular formula is C17H16BrNO4. The van der Waals surface area contributed by atoms with Crippen LogP contribution in [0.5, 0.6) is 5.75 Å². The Morgan fingerprint density at radius 3 is 2.57 bits per heavy atom. The van der Waals surface area contributed by atoms with Gasteiger partial charge in [0, 0.05) is 10.0 Å². The van der Waals surface area contributed by atoms with Crippen LogP contribution in [-0.4, -0.2) is 26.4 Å². The molecule has 5 nitrogen and oxygen atoms in total. The second kappa shape index (κ2) is 8.33. The molecule has 0 bridgehead atoms. The fourth-order valence-electron chi connectivity index (χ4n) is 1.89. The van der Waals surface area contributed by atoms with Gasteiger partial charge in [-0.05, 0) is 35.9 Å². The van der Waals surface area contributed by atoms with Gasteiger partial charge in [-0.25, -0.2) is 4.79 Å². The third kappa shape index (κ3) is 4.82. The van der Waals surface area contributed by atoms with Crippen molar-refractivity contribution in [1.29, 1.82) is 0 Å². The molecule has 0 saturated heterocycles. The number of hydrogen-bond donors (Lipinski definition) is 0. The summed E-state index contributed by atoms with van der Waals surface area (Å²) in [4.78, 5) is 16.6. The second-order valence-corrected chi connectivity index (χ2v) is 5.49. The highest BCUT2D eigenvalue weighted by Gasteiger charge is 2.05. The molecule has 2 aromatic rings. The fraction of sp³-hybridized carbons (Fsp3) is 0.176. The Balaban J connectivity index is 1.94. The number of carbonyl (C=O) groups is 1. The Morgan fingerprint density at radius 2 is 1.91 bits per heavy atom. The number of carbonyl (C=O) groups excluding carboxylic acids is 1. The highest BCUT2D eigenvalue weighted by Crippen LogP contribution is 2.23. The van der Waals surface area contributed by atoms with Crippen molar-refractivity contribution in [2.45, 2.75) is 6.61 Å². The van der Waals surface area contributed by atoms with E-state index in [1.165, 1.54) is 7.11 Å². The van der Waals surface area contributed by atoms with Gasteiger partial charge in [0.1, 0.15) is 12.4 Å². The molecule has 0 aromatic heterocycles. The first kappa shape index (κ1) is 17.0. The molecule has 120 valence electrons. The lowest BCUT2D eigenvalue weighted by Gasteiger charge is -2.07. The maximum atomic E-state index is 11.3. The quantitative estimate of drug-likeness (QED) is 0.436. The number of nitrogens with zero attached hydrogens (tertiary/aromatic N) is 1. The third-order valence-electron chi connectivity index (χ3n) is 3.07. The maximum absolute atomic E-state index is 11.3. The minimum absolute atomic E-state index is 0.291.